The van der Waals surface area contributed by atoms with Crippen molar-refractivity contribution in [2.24, 2.45) is 23.2 Å². The minimum absolute atomic E-state index is 0.118. The van der Waals surface area contributed by atoms with Crippen molar-refractivity contribution in [3.63, 3.8) is 0 Å². The van der Waals surface area contributed by atoms with Gasteiger partial charge in [0.05, 0.1) is 25.2 Å². The monoisotopic (exact) mass is 1310 g/mol. The molecule has 0 aliphatic heterocycles. The summed E-state index contributed by atoms with van der Waals surface area (Å²) in [6.07, 6.45) is 10.0. The van der Waals surface area contributed by atoms with E-state index in [9.17, 15) is 9.90 Å². The number of aliphatic hydroxyl groups excluding tert-OH is 3. The van der Waals surface area contributed by atoms with Crippen molar-refractivity contribution in [2.75, 3.05) is 67.6 Å². The summed E-state index contributed by atoms with van der Waals surface area (Å²) in [7, 11) is 1.14. The lowest BCUT2D eigenvalue weighted by atomic mass is 9.78. The molecule has 0 spiro atoms. The molecule has 0 heterocycles. The molecule has 4 aromatic rings. The number of aromatic hydroxyl groups is 1. The number of carbonyl (C=O) groups excluding carboxylic acids is 1. The molecule has 0 radical (unpaired) electrons. The Morgan fingerprint density at radius 1 is 0.413 bits per heavy atom. The lowest BCUT2D eigenvalue weighted by Crippen LogP contribution is -2.42. The maximum absolute atomic E-state index is 13.0. The summed E-state index contributed by atoms with van der Waals surface area (Å²) in [6, 6.07) is 23.9. The molecular formula is C79H135O12P. The molecule has 0 saturated heterocycles. The number of benzene rings is 4. The number of rotatable bonds is 32. The first-order valence-corrected chi connectivity index (χ1v) is 35.4. The number of aliphatic hydroxyl groups is 3. The molecule has 0 aromatic heterocycles. The molecule has 12 nitrogen and oxygen atoms in total. The van der Waals surface area contributed by atoms with Gasteiger partial charge >= 0.3 is 14.6 Å². The maximum Gasteiger partial charge on any atom is 0.530 e. The average Bonchev–Trinajstić information content (AvgIpc) is 0.805. The van der Waals surface area contributed by atoms with E-state index in [1.807, 2.05) is 12.1 Å². The number of carbonyl (C=O) groups is 1. The summed E-state index contributed by atoms with van der Waals surface area (Å²) >= 11 is 0. The van der Waals surface area contributed by atoms with Crippen LogP contribution in [0.1, 0.15) is 261 Å². The van der Waals surface area contributed by atoms with E-state index < -0.39 is 14.0 Å². The highest BCUT2D eigenvalue weighted by Crippen LogP contribution is 2.50. The third-order valence-electron chi connectivity index (χ3n) is 15.1. The number of unbranched alkanes of at least 4 members (excludes halogenated alkanes) is 3. The zero-order valence-electron chi connectivity index (χ0n) is 63.3. The van der Waals surface area contributed by atoms with Crippen LogP contribution in [0.3, 0.4) is 0 Å². The molecule has 4 aromatic carbocycles. The van der Waals surface area contributed by atoms with Crippen molar-refractivity contribution in [2.45, 2.75) is 264 Å². The number of ether oxygens (including phenoxy) is 4. The highest BCUT2D eigenvalue weighted by Gasteiger charge is 2.35. The standard InChI is InChI=1S/C42H63O3P.C34H60O6.3CH4O/c1-28(2)22-31-16-19-37(34(25-31)40(7,8)9)43-46(44-38-20-17-32(23-29(3)4)26-35(38)41(10,11)12)45-39-21-18-33(24-30(5)6)27-36(39)42(13,14)15;1-10-13-18-37-23-34(24-38-19-14-11-2,25-39-20-15-12-3)26-40-30(35)17-16-27-21-28(32(4,5)6)31(36)29(22-27)33(7,8)9;3*1-2/h16-21,25-30H,22-24H2,1-15H3;21-22,36H,10-20,23-26H2,1-9H3;3*2H,1H3. The van der Waals surface area contributed by atoms with Crippen LogP contribution in [0.4, 0.5) is 0 Å². The minimum atomic E-state index is -1.86. The van der Waals surface area contributed by atoms with Gasteiger partial charge in [-0.05, 0) is 141 Å². The summed E-state index contributed by atoms with van der Waals surface area (Å²) in [6.45, 7) is 56.3. The van der Waals surface area contributed by atoms with Crippen molar-refractivity contribution in [3.8, 4) is 23.0 Å². The van der Waals surface area contributed by atoms with E-state index in [4.69, 9.17) is 47.8 Å². The van der Waals surface area contributed by atoms with Crippen LogP contribution in [0, 0.1) is 23.2 Å². The molecule has 13 heteroatoms. The van der Waals surface area contributed by atoms with E-state index in [1.54, 1.807) is 0 Å². The molecule has 0 amide bonds. The first kappa shape index (κ1) is 87.7. The lowest BCUT2D eigenvalue weighted by molar-refractivity contribution is -0.156. The van der Waals surface area contributed by atoms with E-state index >= 15 is 0 Å². The molecule has 0 unspecified atom stereocenters. The molecule has 0 aliphatic carbocycles. The Kier molecular flexibility index (Phi) is 41.0. The predicted molar refractivity (Wildman–Crippen MR) is 389 cm³/mol. The summed E-state index contributed by atoms with van der Waals surface area (Å²) in [5, 5.41) is 32.0. The lowest BCUT2D eigenvalue weighted by Gasteiger charge is -2.32. The predicted octanol–water partition coefficient (Wildman–Crippen LogP) is 19.7. The average molecular weight is 1310 g/mol. The van der Waals surface area contributed by atoms with Crippen LogP contribution in [-0.2, 0) is 76.5 Å². The topological polar surface area (TPSA) is 163 Å². The highest BCUT2D eigenvalue weighted by molar-refractivity contribution is 7.43. The van der Waals surface area contributed by atoms with Crippen LogP contribution >= 0.6 is 8.60 Å². The van der Waals surface area contributed by atoms with Gasteiger partial charge < -0.3 is 52.9 Å². The number of hydrogen-bond donors (Lipinski definition) is 4. The Labute approximate surface area is 564 Å². The van der Waals surface area contributed by atoms with Crippen LogP contribution in [0.15, 0.2) is 66.7 Å². The number of esters is 1. The van der Waals surface area contributed by atoms with Crippen molar-refractivity contribution in [1.82, 2.24) is 0 Å². The zero-order chi connectivity index (χ0) is 70.8. The molecular weight excluding hydrogens is 1170 g/mol. The fourth-order valence-electron chi connectivity index (χ4n) is 10.2. The Bertz CT molecular complexity index is 2400. The van der Waals surface area contributed by atoms with Gasteiger partial charge in [0.15, 0.2) is 0 Å². The van der Waals surface area contributed by atoms with Crippen LogP contribution in [-0.4, -0.2) is 94.0 Å². The second-order valence-corrected chi connectivity index (χ2v) is 31.9. The van der Waals surface area contributed by atoms with E-state index in [0.717, 1.165) is 130 Å². The van der Waals surface area contributed by atoms with E-state index in [1.165, 1.54) is 16.7 Å². The molecule has 0 atom stereocenters. The van der Waals surface area contributed by atoms with Crippen molar-refractivity contribution < 1.29 is 57.7 Å². The van der Waals surface area contributed by atoms with Gasteiger partial charge in [0, 0.05) is 64.3 Å². The summed E-state index contributed by atoms with van der Waals surface area (Å²) in [4.78, 5) is 13.0. The highest BCUT2D eigenvalue weighted by atomic mass is 31.2. The van der Waals surface area contributed by atoms with Gasteiger partial charge in [-0.2, -0.15) is 0 Å². The van der Waals surface area contributed by atoms with Gasteiger partial charge in [-0.15, -0.1) is 0 Å². The normalized spacial score (nSPS) is 12.1. The van der Waals surface area contributed by atoms with Crippen molar-refractivity contribution in [3.05, 3.63) is 117 Å². The summed E-state index contributed by atoms with van der Waals surface area (Å²) in [5.74, 6) is 4.27. The largest absolute Gasteiger partial charge is 0.530 e. The second-order valence-electron chi connectivity index (χ2n) is 31.0. The molecule has 528 valence electrons. The SMILES string of the molecule is CC(C)Cc1ccc(OP(Oc2ccc(CC(C)C)cc2C(C)(C)C)Oc2ccc(CC(C)C)cc2C(C)(C)C)c(C(C)(C)C)c1.CCCCOCC(COCCCC)(COCCCC)COC(=O)CCc1cc(C(C)(C)C)c(O)c(C(C)(C)C)c1.CO.CO.CO. The van der Waals surface area contributed by atoms with Crippen LogP contribution in [0.25, 0.3) is 0 Å². The Morgan fingerprint density at radius 3 is 0.935 bits per heavy atom. The van der Waals surface area contributed by atoms with E-state index in [2.05, 4.69) is 221 Å². The van der Waals surface area contributed by atoms with Gasteiger partial charge in [0.25, 0.3) is 0 Å². The smallest absolute Gasteiger partial charge is 0.507 e. The molecule has 92 heavy (non-hydrogen) atoms. The van der Waals surface area contributed by atoms with Crippen LogP contribution < -0.4 is 13.6 Å². The Balaban J connectivity index is 0.00000168. The Hall–Kier alpha value is -4.26. The maximum atomic E-state index is 13.0. The van der Waals surface area contributed by atoms with Gasteiger partial charge in [-0.3, -0.25) is 4.79 Å². The number of hydrogen-bond acceptors (Lipinski definition) is 12. The number of phenols is 1. The Morgan fingerprint density at radius 2 is 0.685 bits per heavy atom. The molecule has 0 bridgehead atoms. The van der Waals surface area contributed by atoms with Gasteiger partial charge in [-0.25, -0.2) is 0 Å². The molecule has 4 rings (SSSR count). The number of phenolic OH excluding ortho intramolecular Hbond substituents is 1. The first-order valence-electron chi connectivity index (χ1n) is 34.3. The molecule has 0 fully saturated rings. The van der Waals surface area contributed by atoms with Gasteiger partial charge in [0.1, 0.15) is 29.6 Å². The minimum Gasteiger partial charge on any atom is -0.507 e. The molecule has 0 aliphatic rings. The summed E-state index contributed by atoms with van der Waals surface area (Å²) < 4.78 is 44.7. The quantitative estimate of drug-likeness (QED) is 0.0208. The molecule has 0 saturated carbocycles. The first-order chi connectivity index (χ1) is 42.9. The van der Waals surface area contributed by atoms with Crippen LogP contribution in [0.5, 0.6) is 23.0 Å². The third-order valence-corrected chi connectivity index (χ3v) is 16.1. The van der Waals surface area contributed by atoms with Gasteiger partial charge in [-0.1, -0.05) is 234 Å². The second kappa shape index (κ2) is 43.0. The van der Waals surface area contributed by atoms with Crippen molar-refractivity contribution >= 4 is 14.6 Å². The van der Waals surface area contributed by atoms with Crippen molar-refractivity contribution in [1.29, 1.82) is 0 Å². The summed E-state index contributed by atoms with van der Waals surface area (Å²) in [5.41, 5.74) is 8.98. The fraction of sp³-hybridized carbons (Fsp3) is 0.684. The van der Waals surface area contributed by atoms with E-state index in [-0.39, 0.29) is 46.1 Å². The third kappa shape index (κ3) is 32.9. The fourth-order valence-corrected chi connectivity index (χ4v) is 11.3. The molecule has 4 N–H and O–H groups in total. The van der Waals surface area contributed by atoms with Gasteiger partial charge in [0.2, 0.25) is 0 Å². The van der Waals surface area contributed by atoms with E-state index in [0.29, 0.717) is 69.6 Å². The zero-order valence-corrected chi connectivity index (χ0v) is 64.2. The number of aryl methyl sites for hydroxylation is 1. The van der Waals surface area contributed by atoms with Crippen LogP contribution in [0.2, 0.25) is 0 Å².